The molecule has 0 amide bonds. The third kappa shape index (κ3) is 1.65. The van der Waals surface area contributed by atoms with Crippen molar-refractivity contribution in [2.24, 2.45) is 11.7 Å². The lowest BCUT2D eigenvalue weighted by Gasteiger charge is -2.21. The summed E-state index contributed by atoms with van der Waals surface area (Å²) in [5.41, 5.74) is 5.78. The van der Waals surface area contributed by atoms with Crippen LogP contribution in [0.2, 0.25) is 0 Å². The number of hydrogen-bond acceptors (Lipinski definition) is 4. The van der Waals surface area contributed by atoms with Crippen LogP contribution in [0.1, 0.15) is 62.1 Å². The highest BCUT2D eigenvalue weighted by Gasteiger charge is 2.33. The zero-order valence-corrected chi connectivity index (χ0v) is 9.56. The van der Waals surface area contributed by atoms with Crippen LogP contribution in [0, 0.1) is 5.92 Å². The van der Waals surface area contributed by atoms with Gasteiger partial charge in [0.05, 0.1) is 0 Å². The van der Waals surface area contributed by atoms with Gasteiger partial charge in [-0.25, -0.2) is 0 Å². The molecule has 1 heterocycles. The number of hydrogen-bond donors (Lipinski definition) is 1. The third-order valence-electron chi connectivity index (χ3n) is 4.21. The van der Waals surface area contributed by atoms with Crippen molar-refractivity contribution in [3.8, 4) is 0 Å². The molecular weight excluding hydrogens is 202 g/mol. The van der Waals surface area contributed by atoms with Gasteiger partial charge < -0.3 is 10.3 Å². The smallest absolute Gasteiger partial charge is 0.230 e. The van der Waals surface area contributed by atoms with Crippen molar-refractivity contribution in [1.82, 2.24) is 10.1 Å². The summed E-state index contributed by atoms with van der Waals surface area (Å²) in [6.45, 7) is 0.742. The van der Waals surface area contributed by atoms with E-state index in [4.69, 9.17) is 10.3 Å². The zero-order chi connectivity index (χ0) is 11.0. The fourth-order valence-corrected chi connectivity index (χ4v) is 2.87. The molecule has 4 heteroatoms. The first kappa shape index (κ1) is 10.3. The zero-order valence-electron chi connectivity index (χ0n) is 9.56. The predicted molar refractivity (Wildman–Crippen MR) is 60.0 cm³/mol. The number of nitrogens with zero attached hydrogens (tertiary/aromatic N) is 2. The van der Waals surface area contributed by atoms with Gasteiger partial charge in [0, 0.05) is 11.8 Å². The standard InChI is InChI=1S/C12H19N3O/c13-7-9-5-2-6-10(9)12-14-11(15-16-12)8-3-1-4-8/h8-10H,1-7,13H2. The molecule has 1 aromatic rings. The van der Waals surface area contributed by atoms with Crippen molar-refractivity contribution in [3.63, 3.8) is 0 Å². The fourth-order valence-electron chi connectivity index (χ4n) is 2.87. The molecule has 0 aliphatic heterocycles. The highest BCUT2D eigenvalue weighted by atomic mass is 16.5. The second-order valence-electron chi connectivity index (χ2n) is 5.15. The first-order chi connectivity index (χ1) is 7.88. The summed E-state index contributed by atoms with van der Waals surface area (Å²) < 4.78 is 5.42. The summed E-state index contributed by atoms with van der Waals surface area (Å²) in [5, 5.41) is 4.12. The van der Waals surface area contributed by atoms with Crippen LogP contribution in [-0.4, -0.2) is 16.7 Å². The maximum absolute atomic E-state index is 5.78. The SMILES string of the molecule is NCC1CCCC1c1nc(C2CCC2)no1. The quantitative estimate of drug-likeness (QED) is 0.849. The highest BCUT2D eigenvalue weighted by Crippen LogP contribution is 2.40. The average molecular weight is 221 g/mol. The van der Waals surface area contributed by atoms with Gasteiger partial charge in [0.2, 0.25) is 5.89 Å². The van der Waals surface area contributed by atoms with Gasteiger partial charge in [0.25, 0.3) is 0 Å². The Labute approximate surface area is 95.6 Å². The van der Waals surface area contributed by atoms with E-state index in [1.165, 1.54) is 32.1 Å². The summed E-state index contributed by atoms with van der Waals surface area (Å²) in [6.07, 6.45) is 7.38. The van der Waals surface area contributed by atoms with Gasteiger partial charge in [-0.3, -0.25) is 0 Å². The molecule has 2 unspecified atom stereocenters. The Kier molecular flexibility index (Phi) is 2.67. The Balaban J connectivity index is 1.75. The Bertz CT molecular complexity index is 359. The van der Waals surface area contributed by atoms with Crippen LogP contribution in [0.3, 0.4) is 0 Å². The molecule has 0 bridgehead atoms. The van der Waals surface area contributed by atoms with Gasteiger partial charge in [-0.1, -0.05) is 18.0 Å². The van der Waals surface area contributed by atoms with Crippen molar-refractivity contribution < 1.29 is 4.52 Å². The summed E-state index contributed by atoms with van der Waals surface area (Å²) in [6, 6.07) is 0. The average Bonchev–Trinajstić information content (AvgIpc) is 2.81. The Morgan fingerprint density at radius 1 is 1.19 bits per heavy atom. The van der Waals surface area contributed by atoms with Crippen molar-refractivity contribution in [2.75, 3.05) is 6.54 Å². The minimum Gasteiger partial charge on any atom is -0.339 e. The van der Waals surface area contributed by atoms with Crippen molar-refractivity contribution >= 4 is 0 Å². The molecule has 0 spiro atoms. The maximum atomic E-state index is 5.78. The van der Waals surface area contributed by atoms with E-state index in [2.05, 4.69) is 10.1 Å². The molecule has 88 valence electrons. The Morgan fingerprint density at radius 3 is 2.69 bits per heavy atom. The monoisotopic (exact) mass is 221 g/mol. The second kappa shape index (κ2) is 4.17. The molecule has 0 radical (unpaired) electrons. The summed E-state index contributed by atoms with van der Waals surface area (Å²) in [5.74, 6) is 3.31. The molecule has 2 fully saturated rings. The lowest BCUT2D eigenvalue weighted by molar-refractivity contribution is 0.315. The predicted octanol–water partition coefficient (Wildman–Crippen LogP) is 2.18. The van der Waals surface area contributed by atoms with Crippen LogP contribution in [-0.2, 0) is 0 Å². The van der Waals surface area contributed by atoms with Crippen LogP contribution in [0.5, 0.6) is 0 Å². The number of rotatable bonds is 3. The van der Waals surface area contributed by atoms with E-state index < -0.39 is 0 Å². The summed E-state index contributed by atoms with van der Waals surface area (Å²) >= 11 is 0. The van der Waals surface area contributed by atoms with Crippen LogP contribution in [0.4, 0.5) is 0 Å². The topological polar surface area (TPSA) is 64.9 Å². The van der Waals surface area contributed by atoms with Crippen LogP contribution < -0.4 is 5.73 Å². The normalized spacial score (nSPS) is 30.6. The molecule has 4 nitrogen and oxygen atoms in total. The minimum atomic E-state index is 0.423. The summed E-state index contributed by atoms with van der Waals surface area (Å²) in [4.78, 5) is 4.58. The van der Waals surface area contributed by atoms with Crippen molar-refractivity contribution in [3.05, 3.63) is 11.7 Å². The van der Waals surface area contributed by atoms with Crippen LogP contribution in [0.25, 0.3) is 0 Å². The van der Waals surface area contributed by atoms with E-state index in [-0.39, 0.29) is 0 Å². The van der Waals surface area contributed by atoms with Crippen molar-refractivity contribution in [1.29, 1.82) is 0 Å². The van der Waals surface area contributed by atoms with Gasteiger partial charge in [-0.15, -0.1) is 0 Å². The van der Waals surface area contributed by atoms with E-state index >= 15 is 0 Å². The molecule has 1 aromatic heterocycles. The fraction of sp³-hybridized carbons (Fsp3) is 0.833. The lowest BCUT2D eigenvalue weighted by Crippen LogP contribution is -2.17. The second-order valence-corrected chi connectivity index (χ2v) is 5.15. The molecule has 2 aliphatic rings. The van der Waals surface area contributed by atoms with E-state index in [1.807, 2.05) is 0 Å². The molecule has 0 aromatic carbocycles. The minimum absolute atomic E-state index is 0.423. The van der Waals surface area contributed by atoms with Crippen molar-refractivity contribution in [2.45, 2.75) is 50.4 Å². The van der Waals surface area contributed by atoms with E-state index in [9.17, 15) is 0 Å². The van der Waals surface area contributed by atoms with E-state index in [0.29, 0.717) is 17.8 Å². The summed E-state index contributed by atoms with van der Waals surface area (Å²) in [7, 11) is 0. The molecule has 0 saturated heterocycles. The Hall–Kier alpha value is -0.900. The third-order valence-corrected chi connectivity index (χ3v) is 4.21. The Morgan fingerprint density at radius 2 is 2.00 bits per heavy atom. The van der Waals surface area contributed by atoms with Gasteiger partial charge in [-0.05, 0) is 38.1 Å². The van der Waals surface area contributed by atoms with Gasteiger partial charge in [0.1, 0.15) is 0 Å². The number of aromatic nitrogens is 2. The van der Waals surface area contributed by atoms with Gasteiger partial charge in [0.15, 0.2) is 5.82 Å². The first-order valence-corrected chi connectivity index (χ1v) is 6.42. The molecule has 2 atom stereocenters. The van der Waals surface area contributed by atoms with Gasteiger partial charge in [-0.2, -0.15) is 4.98 Å². The van der Waals surface area contributed by atoms with E-state index in [1.54, 1.807) is 0 Å². The molecule has 2 aliphatic carbocycles. The highest BCUT2D eigenvalue weighted by molar-refractivity contribution is 5.05. The molecule has 2 saturated carbocycles. The van der Waals surface area contributed by atoms with E-state index in [0.717, 1.165) is 24.7 Å². The first-order valence-electron chi connectivity index (χ1n) is 6.42. The number of nitrogens with two attached hydrogens (primary N) is 1. The lowest BCUT2D eigenvalue weighted by atomic mass is 9.85. The molecule has 2 N–H and O–H groups in total. The molecular formula is C12H19N3O. The van der Waals surface area contributed by atoms with Gasteiger partial charge >= 0.3 is 0 Å². The van der Waals surface area contributed by atoms with Crippen LogP contribution >= 0.6 is 0 Å². The molecule has 3 rings (SSSR count). The largest absolute Gasteiger partial charge is 0.339 e. The molecule has 16 heavy (non-hydrogen) atoms. The maximum Gasteiger partial charge on any atom is 0.230 e. The van der Waals surface area contributed by atoms with Crippen LogP contribution in [0.15, 0.2) is 4.52 Å².